The van der Waals surface area contributed by atoms with Crippen LogP contribution in [0.3, 0.4) is 0 Å². The maximum Gasteiger partial charge on any atom is 0.352 e. The molecule has 23 heavy (non-hydrogen) atoms. The van der Waals surface area contributed by atoms with Crippen LogP contribution in [0.15, 0.2) is 54.6 Å². The molecule has 0 aliphatic carbocycles. The second-order valence-electron chi connectivity index (χ2n) is 5.36. The lowest BCUT2D eigenvalue weighted by molar-refractivity contribution is -0.132. The van der Waals surface area contributed by atoms with Gasteiger partial charge < -0.3 is 10.1 Å². The van der Waals surface area contributed by atoms with Gasteiger partial charge in [-0.15, -0.1) is 0 Å². The first-order valence-corrected chi connectivity index (χ1v) is 7.33. The largest absolute Gasteiger partial charge is 0.460 e. The zero-order chi connectivity index (χ0) is 16.2. The summed E-state index contributed by atoms with van der Waals surface area (Å²) in [5.41, 5.74) is 2.19. The van der Waals surface area contributed by atoms with Gasteiger partial charge in [0.2, 0.25) is 5.91 Å². The number of carbonyl (C=O) groups is 2. The molecule has 2 aromatic rings. The highest BCUT2D eigenvalue weighted by molar-refractivity contribution is 6.39. The molecule has 1 atom stereocenters. The molecule has 1 amide bonds. The SMILES string of the molecule is N=C1C(=O)OCC1c1ccccc1NC(=O)Cc1ccccc1. The maximum atomic E-state index is 12.2. The average molecular weight is 308 g/mol. The van der Waals surface area contributed by atoms with Crippen LogP contribution in [-0.4, -0.2) is 24.2 Å². The topological polar surface area (TPSA) is 79.2 Å². The van der Waals surface area contributed by atoms with E-state index in [1.54, 1.807) is 12.1 Å². The molecule has 0 bridgehead atoms. The van der Waals surface area contributed by atoms with Crippen LogP contribution in [0.5, 0.6) is 0 Å². The van der Waals surface area contributed by atoms with Crippen LogP contribution in [0.25, 0.3) is 0 Å². The molecule has 0 aromatic heterocycles. The van der Waals surface area contributed by atoms with Gasteiger partial charge in [-0.3, -0.25) is 10.2 Å². The van der Waals surface area contributed by atoms with Crippen molar-refractivity contribution in [1.82, 2.24) is 0 Å². The highest BCUT2D eigenvalue weighted by Gasteiger charge is 2.33. The van der Waals surface area contributed by atoms with Gasteiger partial charge in [0.25, 0.3) is 0 Å². The zero-order valence-corrected chi connectivity index (χ0v) is 12.4. The molecule has 2 N–H and O–H groups in total. The summed E-state index contributed by atoms with van der Waals surface area (Å²) in [6.07, 6.45) is 0.271. The number of esters is 1. The van der Waals surface area contributed by atoms with Crippen molar-refractivity contribution in [2.45, 2.75) is 12.3 Å². The monoisotopic (exact) mass is 308 g/mol. The van der Waals surface area contributed by atoms with Crippen molar-refractivity contribution in [2.75, 3.05) is 11.9 Å². The smallest absolute Gasteiger partial charge is 0.352 e. The quantitative estimate of drug-likeness (QED) is 0.852. The van der Waals surface area contributed by atoms with E-state index in [0.29, 0.717) is 5.69 Å². The number of hydrogen-bond acceptors (Lipinski definition) is 4. The summed E-state index contributed by atoms with van der Waals surface area (Å²) in [5.74, 6) is -1.17. The summed E-state index contributed by atoms with van der Waals surface area (Å²) in [4.78, 5) is 23.6. The van der Waals surface area contributed by atoms with Crippen molar-refractivity contribution in [2.24, 2.45) is 0 Å². The zero-order valence-electron chi connectivity index (χ0n) is 12.4. The van der Waals surface area contributed by atoms with Crippen LogP contribution in [0.4, 0.5) is 5.69 Å². The molecule has 5 heteroatoms. The predicted octanol–water partition coefficient (Wildman–Crippen LogP) is 2.53. The molecule has 0 radical (unpaired) electrons. The Hall–Kier alpha value is -2.95. The van der Waals surface area contributed by atoms with Gasteiger partial charge in [-0.25, -0.2) is 4.79 Å². The van der Waals surface area contributed by atoms with Crippen molar-refractivity contribution in [3.63, 3.8) is 0 Å². The average Bonchev–Trinajstić information content (AvgIpc) is 2.88. The molecular formula is C18H16N2O3. The Balaban J connectivity index is 1.77. The molecule has 1 fully saturated rings. The van der Waals surface area contributed by atoms with E-state index in [2.05, 4.69) is 5.32 Å². The van der Waals surface area contributed by atoms with E-state index in [1.807, 2.05) is 42.5 Å². The van der Waals surface area contributed by atoms with Crippen molar-refractivity contribution < 1.29 is 14.3 Å². The minimum absolute atomic E-state index is 0.0743. The number of carbonyl (C=O) groups excluding carboxylic acids is 2. The van der Waals surface area contributed by atoms with E-state index in [-0.39, 0.29) is 24.6 Å². The van der Waals surface area contributed by atoms with Crippen molar-refractivity contribution in [3.8, 4) is 0 Å². The number of para-hydroxylation sites is 1. The minimum atomic E-state index is -0.597. The van der Waals surface area contributed by atoms with Gasteiger partial charge in [0.05, 0.1) is 12.3 Å². The number of cyclic esters (lactones) is 1. The number of anilines is 1. The van der Waals surface area contributed by atoms with Crippen LogP contribution in [0.2, 0.25) is 0 Å². The standard InChI is InChI=1S/C18H16N2O3/c19-17-14(11-23-18(17)22)13-8-4-5-9-15(13)20-16(21)10-12-6-2-1-3-7-12/h1-9,14,19H,10-11H2,(H,20,21). The van der Waals surface area contributed by atoms with Gasteiger partial charge in [-0.05, 0) is 17.2 Å². The van der Waals surface area contributed by atoms with Crippen LogP contribution in [0.1, 0.15) is 17.0 Å². The van der Waals surface area contributed by atoms with Crippen molar-refractivity contribution in [1.29, 1.82) is 5.41 Å². The van der Waals surface area contributed by atoms with E-state index in [4.69, 9.17) is 10.1 Å². The molecule has 1 saturated heterocycles. The van der Waals surface area contributed by atoms with Crippen molar-refractivity contribution >= 4 is 23.3 Å². The first-order chi connectivity index (χ1) is 11.1. The molecule has 116 valence electrons. The van der Waals surface area contributed by atoms with Gasteiger partial charge in [0.1, 0.15) is 12.3 Å². The third-order valence-corrected chi connectivity index (χ3v) is 3.77. The normalized spacial score (nSPS) is 17.0. The molecule has 3 rings (SSSR count). The molecule has 1 aliphatic rings. The Bertz CT molecular complexity index is 756. The first kappa shape index (κ1) is 15.0. The lowest BCUT2D eigenvalue weighted by atomic mass is 9.95. The van der Waals surface area contributed by atoms with Crippen LogP contribution >= 0.6 is 0 Å². The summed E-state index contributed by atoms with van der Waals surface area (Å²) in [5, 5.41) is 10.7. The molecule has 1 heterocycles. The predicted molar refractivity (Wildman–Crippen MR) is 86.6 cm³/mol. The Morgan fingerprint density at radius 2 is 1.83 bits per heavy atom. The Morgan fingerprint density at radius 3 is 2.52 bits per heavy atom. The van der Waals surface area contributed by atoms with Gasteiger partial charge >= 0.3 is 5.97 Å². The molecule has 0 saturated carbocycles. The number of hydrogen-bond donors (Lipinski definition) is 2. The van der Waals surface area contributed by atoms with Crippen LogP contribution in [0, 0.1) is 5.41 Å². The van der Waals surface area contributed by atoms with Gasteiger partial charge in [0, 0.05) is 5.69 Å². The number of nitrogens with one attached hydrogen (secondary N) is 2. The van der Waals surface area contributed by atoms with E-state index < -0.39 is 11.9 Å². The number of rotatable bonds is 4. The first-order valence-electron chi connectivity index (χ1n) is 7.33. The highest BCUT2D eigenvalue weighted by atomic mass is 16.5. The number of amides is 1. The summed E-state index contributed by atoms with van der Waals surface area (Å²) < 4.78 is 4.91. The molecule has 0 spiro atoms. The minimum Gasteiger partial charge on any atom is -0.460 e. The highest BCUT2D eigenvalue weighted by Crippen LogP contribution is 2.29. The second kappa shape index (κ2) is 6.44. The Labute approximate surface area is 133 Å². The fourth-order valence-corrected chi connectivity index (χ4v) is 2.60. The van der Waals surface area contributed by atoms with Crippen LogP contribution in [-0.2, 0) is 20.7 Å². The van der Waals surface area contributed by atoms with Crippen molar-refractivity contribution in [3.05, 3.63) is 65.7 Å². The molecular weight excluding hydrogens is 292 g/mol. The lowest BCUT2D eigenvalue weighted by Gasteiger charge is -2.14. The van der Waals surface area contributed by atoms with Gasteiger partial charge in [0.15, 0.2) is 0 Å². The molecule has 5 nitrogen and oxygen atoms in total. The van der Waals surface area contributed by atoms with E-state index >= 15 is 0 Å². The summed E-state index contributed by atoms with van der Waals surface area (Å²) in [6.45, 7) is 0.142. The fraction of sp³-hybridized carbons (Fsp3) is 0.167. The third kappa shape index (κ3) is 3.29. The Kier molecular flexibility index (Phi) is 4.19. The molecule has 2 aromatic carbocycles. The Morgan fingerprint density at radius 1 is 1.13 bits per heavy atom. The number of ether oxygens (including phenoxy) is 1. The van der Waals surface area contributed by atoms with E-state index in [1.165, 1.54) is 0 Å². The summed E-state index contributed by atoms with van der Waals surface area (Å²) in [7, 11) is 0. The summed E-state index contributed by atoms with van der Waals surface area (Å²) >= 11 is 0. The van der Waals surface area contributed by atoms with E-state index in [0.717, 1.165) is 11.1 Å². The molecule has 1 aliphatic heterocycles. The van der Waals surface area contributed by atoms with E-state index in [9.17, 15) is 9.59 Å². The fourth-order valence-electron chi connectivity index (χ4n) is 2.60. The maximum absolute atomic E-state index is 12.2. The summed E-state index contributed by atoms with van der Waals surface area (Å²) in [6, 6.07) is 16.7. The lowest BCUT2D eigenvalue weighted by Crippen LogP contribution is -2.18. The third-order valence-electron chi connectivity index (χ3n) is 3.77. The second-order valence-corrected chi connectivity index (χ2v) is 5.36. The van der Waals surface area contributed by atoms with Crippen LogP contribution < -0.4 is 5.32 Å². The molecule has 1 unspecified atom stereocenters. The number of benzene rings is 2. The van der Waals surface area contributed by atoms with Gasteiger partial charge in [-0.1, -0.05) is 48.5 Å². The van der Waals surface area contributed by atoms with Gasteiger partial charge in [-0.2, -0.15) is 0 Å².